The highest BCUT2D eigenvalue weighted by Gasteiger charge is 2.31. The zero-order chi connectivity index (χ0) is 10.8. The average molecular weight is 212 g/mol. The molecule has 0 aromatic heterocycles. The van der Waals surface area contributed by atoms with Gasteiger partial charge in [-0.3, -0.25) is 4.79 Å². The normalized spacial score (nSPS) is 41.6. The maximum atomic E-state index is 11.2. The van der Waals surface area contributed by atoms with Crippen LogP contribution in [0.25, 0.3) is 0 Å². The Morgan fingerprint density at radius 3 is 2.73 bits per heavy atom. The van der Waals surface area contributed by atoms with Crippen LogP contribution in [0.1, 0.15) is 33.1 Å². The first-order chi connectivity index (χ1) is 7.16. The maximum absolute atomic E-state index is 11.2. The second-order valence-corrected chi connectivity index (χ2v) is 4.64. The third-order valence-electron chi connectivity index (χ3n) is 3.48. The van der Waals surface area contributed by atoms with Gasteiger partial charge in [0, 0.05) is 31.2 Å². The van der Waals surface area contributed by atoms with E-state index in [1.54, 1.807) is 0 Å². The Bertz CT molecular complexity index is 245. The van der Waals surface area contributed by atoms with Crippen LogP contribution in [0.5, 0.6) is 0 Å². The molecular formula is C11H20N2O2. The summed E-state index contributed by atoms with van der Waals surface area (Å²) in [6.45, 7) is 5.03. The Morgan fingerprint density at radius 2 is 2.13 bits per heavy atom. The van der Waals surface area contributed by atoms with Crippen LogP contribution in [-0.2, 0) is 9.53 Å². The number of carbonyl (C=O) groups excluding carboxylic acids is 1. The lowest BCUT2D eigenvalue weighted by Crippen LogP contribution is -2.56. The van der Waals surface area contributed by atoms with E-state index >= 15 is 0 Å². The maximum Gasteiger partial charge on any atom is 0.220 e. The molecule has 2 aliphatic rings. The van der Waals surface area contributed by atoms with Gasteiger partial charge in [-0.1, -0.05) is 0 Å². The van der Waals surface area contributed by atoms with Crippen molar-refractivity contribution in [3.05, 3.63) is 0 Å². The fourth-order valence-electron chi connectivity index (χ4n) is 2.42. The molecule has 4 unspecified atom stereocenters. The van der Waals surface area contributed by atoms with Crippen molar-refractivity contribution in [2.24, 2.45) is 0 Å². The zero-order valence-corrected chi connectivity index (χ0v) is 9.45. The van der Waals surface area contributed by atoms with Gasteiger partial charge in [0.25, 0.3) is 0 Å². The van der Waals surface area contributed by atoms with Crippen molar-refractivity contribution in [2.45, 2.75) is 57.3 Å². The number of carbonyl (C=O) groups is 1. The smallest absolute Gasteiger partial charge is 0.220 e. The van der Waals surface area contributed by atoms with Gasteiger partial charge in [0.2, 0.25) is 5.91 Å². The van der Waals surface area contributed by atoms with E-state index in [-0.39, 0.29) is 11.9 Å². The summed E-state index contributed by atoms with van der Waals surface area (Å²) in [6, 6.07) is 1.09. The first-order valence-electron chi connectivity index (χ1n) is 5.84. The standard InChI is InChI=1S/C11H20N2O2/c1-7-9(3-4-11(14)12-7)13-10-5-6-15-8(10)2/h7-10,13H,3-6H2,1-2H3,(H,12,14). The van der Waals surface area contributed by atoms with Crippen molar-refractivity contribution < 1.29 is 9.53 Å². The second kappa shape index (κ2) is 4.49. The molecule has 1 amide bonds. The fraction of sp³-hybridized carbons (Fsp3) is 0.909. The van der Waals surface area contributed by atoms with Crippen LogP contribution in [0.2, 0.25) is 0 Å². The highest BCUT2D eigenvalue weighted by Crippen LogP contribution is 2.17. The molecule has 0 aromatic carbocycles. The fourth-order valence-corrected chi connectivity index (χ4v) is 2.42. The van der Waals surface area contributed by atoms with Crippen LogP contribution in [0.3, 0.4) is 0 Å². The summed E-state index contributed by atoms with van der Waals surface area (Å²) in [5.41, 5.74) is 0. The SMILES string of the molecule is CC1NC(=O)CCC1NC1CCOC1C. The van der Waals surface area contributed by atoms with E-state index in [0.29, 0.717) is 24.6 Å². The van der Waals surface area contributed by atoms with Gasteiger partial charge in [0.05, 0.1) is 6.10 Å². The molecule has 2 rings (SSSR count). The largest absolute Gasteiger partial charge is 0.377 e. The predicted molar refractivity (Wildman–Crippen MR) is 57.6 cm³/mol. The first kappa shape index (κ1) is 10.9. The summed E-state index contributed by atoms with van der Waals surface area (Å²) in [7, 11) is 0. The molecule has 2 N–H and O–H groups in total. The Labute approximate surface area is 90.8 Å². The molecule has 4 heteroatoms. The summed E-state index contributed by atoms with van der Waals surface area (Å²) in [5, 5.41) is 6.57. The Hall–Kier alpha value is -0.610. The first-order valence-corrected chi connectivity index (χ1v) is 5.84. The third kappa shape index (κ3) is 2.49. The molecule has 0 saturated carbocycles. The summed E-state index contributed by atoms with van der Waals surface area (Å²) >= 11 is 0. The van der Waals surface area contributed by atoms with Gasteiger partial charge in [0.1, 0.15) is 0 Å². The molecule has 2 fully saturated rings. The Kier molecular flexibility index (Phi) is 3.26. The van der Waals surface area contributed by atoms with E-state index < -0.39 is 0 Å². The molecule has 4 nitrogen and oxygen atoms in total. The van der Waals surface area contributed by atoms with Crippen LogP contribution < -0.4 is 10.6 Å². The minimum atomic E-state index is 0.177. The van der Waals surface area contributed by atoms with Gasteiger partial charge in [0.15, 0.2) is 0 Å². The molecule has 4 atom stereocenters. The second-order valence-electron chi connectivity index (χ2n) is 4.64. The molecule has 0 bridgehead atoms. The van der Waals surface area contributed by atoms with Gasteiger partial charge in [-0.05, 0) is 26.7 Å². The molecule has 0 aromatic rings. The molecule has 0 radical (unpaired) electrons. The Morgan fingerprint density at radius 1 is 1.33 bits per heavy atom. The van der Waals surface area contributed by atoms with E-state index in [1.807, 2.05) is 0 Å². The molecule has 15 heavy (non-hydrogen) atoms. The van der Waals surface area contributed by atoms with Crippen molar-refractivity contribution in [1.29, 1.82) is 0 Å². The lowest BCUT2D eigenvalue weighted by molar-refractivity contribution is -0.123. The topological polar surface area (TPSA) is 50.4 Å². The van der Waals surface area contributed by atoms with Crippen LogP contribution >= 0.6 is 0 Å². The molecule has 2 heterocycles. The predicted octanol–water partition coefficient (Wildman–Crippen LogP) is 0.421. The molecule has 0 aliphatic carbocycles. The minimum Gasteiger partial charge on any atom is -0.377 e. The van der Waals surface area contributed by atoms with Gasteiger partial charge >= 0.3 is 0 Å². The lowest BCUT2D eigenvalue weighted by Gasteiger charge is -2.33. The highest BCUT2D eigenvalue weighted by molar-refractivity contribution is 5.77. The van der Waals surface area contributed by atoms with Crippen LogP contribution in [0, 0.1) is 0 Å². The minimum absolute atomic E-state index is 0.177. The van der Waals surface area contributed by atoms with Crippen molar-refractivity contribution in [3.8, 4) is 0 Å². The molecule has 0 spiro atoms. The van der Waals surface area contributed by atoms with Crippen LogP contribution in [-0.4, -0.2) is 36.7 Å². The van der Waals surface area contributed by atoms with Crippen molar-refractivity contribution in [3.63, 3.8) is 0 Å². The van der Waals surface area contributed by atoms with E-state index in [9.17, 15) is 4.79 Å². The van der Waals surface area contributed by atoms with E-state index in [2.05, 4.69) is 24.5 Å². The van der Waals surface area contributed by atoms with Crippen molar-refractivity contribution in [1.82, 2.24) is 10.6 Å². The summed E-state index contributed by atoms with van der Waals surface area (Å²) in [5.74, 6) is 0.177. The zero-order valence-electron chi connectivity index (χ0n) is 9.45. The monoisotopic (exact) mass is 212 g/mol. The summed E-state index contributed by atoms with van der Waals surface area (Å²) in [4.78, 5) is 11.2. The van der Waals surface area contributed by atoms with Gasteiger partial charge in [-0.25, -0.2) is 0 Å². The van der Waals surface area contributed by atoms with Crippen molar-refractivity contribution in [2.75, 3.05) is 6.61 Å². The van der Waals surface area contributed by atoms with E-state index in [0.717, 1.165) is 19.4 Å². The summed E-state index contributed by atoms with van der Waals surface area (Å²) < 4.78 is 5.51. The third-order valence-corrected chi connectivity index (χ3v) is 3.48. The van der Waals surface area contributed by atoms with Gasteiger partial charge in [-0.2, -0.15) is 0 Å². The highest BCUT2D eigenvalue weighted by atomic mass is 16.5. The van der Waals surface area contributed by atoms with Crippen LogP contribution in [0.4, 0.5) is 0 Å². The number of rotatable bonds is 2. The molecule has 2 aliphatic heterocycles. The number of hydrogen-bond donors (Lipinski definition) is 2. The average Bonchev–Trinajstić information content (AvgIpc) is 2.57. The van der Waals surface area contributed by atoms with Crippen LogP contribution in [0.15, 0.2) is 0 Å². The molecular weight excluding hydrogens is 192 g/mol. The number of ether oxygens (including phenoxy) is 1. The van der Waals surface area contributed by atoms with Crippen molar-refractivity contribution >= 4 is 5.91 Å². The number of amides is 1. The lowest BCUT2D eigenvalue weighted by atomic mass is 9.97. The van der Waals surface area contributed by atoms with Gasteiger partial charge < -0.3 is 15.4 Å². The number of nitrogens with one attached hydrogen (secondary N) is 2. The quantitative estimate of drug-likeness (QED) is 0.697. The number of hydrogen-bond acceptors (Lipinski definition) is 3. The Balaban J connectivity index is 1.86. The molecule has 2 saturated heterocycles. The van der Waals surface area contributed by atoms with E-state index in [1.165, 1.54) is 0 Å². The number of piperidine rings is 1. The van der Waals surface area contributed by atoms with E-state index in [4.69, 9.17) is 4.74 Å². The van der Waals surface area contributed by atoms with Gasteiger partial charge in [-0.15, -0.1) is 0 Å². The molecule has 86 valence electrons. The summed E-state index contributed by atoms with van der Waals surface area (Å²) in [6.07, 6.45) is 2.97.